The van der Waals surface area contributed by atoms with Crippen LogP contribution in [0.5, 0.6) is 0 Å². The van der Waals surface area contributed by atoms with Crippen LogP contribution in [-0.4, -0.2) is 48.5 Å². The number of para-hydroxylation sites is 1. The number of nitrogens with two attached hydrogens (primary N) is 1. The van der Waals surface area contributed by atoms with Crippen molar-refractivity contribution in [3.8, 4) is 0 Å². The van der Waals surface area contributed by atoms with Crippen LogP contribution in [-0.2, 0) is 25.5 Å². The first-order valence-electron chi connectivity index (χ1n) is 9.27. The van der Waals surface area contributed by atoms with Crippen LogP contribution in [0.4, 0.5) is 0 Å². The number of hydrogen-bond donors (Lipinski definition) is 4. The lowest BCUT2D eigenvalue weighted by molar-refractivity contribution is -0.145. The number of methoxy groups -OCH3 is 1. The average Bonchev–Trinajstić information content (AvgIpc) is 3.07. The highest BCUT2D eigenvalue weighted by molar-refractivity contribution is 5.90. The first-order valence-corrected chi connectivity index (χ1v) is 9.27. The van der Waals surface area contributed by atoms with Gasteiger partial charge < -0.3 is 26.1 Å². The average molecular weight is 388 g/mol. The second-order valence-electron chi connectivity index (χ2n) is 7.16. The molecule has 0 unspecified atom stereocenters. The van der Waals surface area contributed by atoms with Crippen molar-refractivity contribution in [3.63, 3.8) is 0 Å². The van der Waals surface area contributed by atoms with Gasteiger partial charge in [0.2, 0.25) is 11.8 Å². The van der Waals surface area contributed by atoms with Crippen molar-refractivity contribution >= 4 is 28.7 Å². The predicted molar refractivity (Wildman–Crippen MR) is 106 cm³/mol. The minimum atomic E-state index is -0.793. The van der Waals surface area contributed by atoms with Crippen molar-refractivity contribution in [2.75, 3.05) is 13.7 Å². The molecule has 0 aliphatic carbocycles. The summed E-state index contributed by atoms with van der Waals surface area (Å²) in [6.45, 7) is 3.62. The standard InChI is InChI=1S/C20H28N4O4/c1-12(2)8-17(20(27)28-3)24-18(25)11-23-19(26)15(21)9-13-10-22-16-7-5-4-6-14(13)16/h4-7,10,12,15,17,22H,8-9,11,21H2,1-3H3,(H,23,26)(H,24,25)/t15-,17-/m0/s1. The molecular formula is C20H28N4O4. The van der Waals surface area contributed by atoms with Crippen molar-refractivity contribution in [2.45, 2.75) is 38.8 Å². The molecule has 2 aromatic rings. The van der Waals surface area contributed by atoms with Crippen molar-refractivity contribution in [3.05, 3.63) is 36.0 Å². The first kappa shape index (κ1) is 21.4. The second kappa shape index (κ2) is 9.89. The number of aromatic nitrogens is 1. The Morgan fingerprint density at radius 1 is 1.21 bits per heavy atom. The van der Waals surface area contributed by atoms with Gasteiger partial charge in [0.05, 0.1) is 19.7 Å². The molecule has 1 heterocycles. The zero-order valence-corrected chi connectivity index (χ0v) is 16.5. The van der Waals surface area contributed by atoms with E-state index in [0.717, 1.165) is 16.5 Å². The molecule has 2 atom stereocenters. The quantitative estimate of drug-likeness (QED) is 0.474. The number of aromatic amines is 1. The molecule has 0 aliphatic rings. The summed E-state index contributed by atoms with van der Waals surface area (Å²) >= 11 is 0. The van der Waals surface area contributed by atoms with Crippen molar-refractivity contribution in [2.24, 2.45) is 11.7 Å². The summed E-state index contributed by atoms with van der Waals surface area (Å²) in [5.41, 5.74) is 7.90. The van der Waals surface area contributed by atoms with Crippen molar-refractivity contribution in [1.82, 2.24) is 15.6 Å². The van der Waals surface area contributed by atoms with Crippen molar-refractivity contribution in [1.29, 1.82) is 0 Å². The van der Waals surface area contributed by atoms with E-state index in [0.29, 0.717) is 12.8 Å². The van der Waals surface area contributed by atoms with Crippen LogP contribution in [0, 0.1) is 5.92 Å². The maximum absolute atomic E-state index is 12.2. The zero-order chi connectivity index (χ0) is 20.7. The van der Waals surface area contributed by atoms with Crippen LogP contribution in [0.1, 0.15) is 25.8 Å². The van der Waals surface area contributed by atoms with Gasteiger partial charge >= 0.3 is 5.97 Å². The highest BCUT2D eigenvalue weighted by Crippen LogP contribution is 2.18. The van der Waals surface area contributed by atoms with E-state index in [4.69, 9.17) is 10.5 Å². The van der Waals surface area contributed by atoms with E-state index in [9.17, 15) is 14.4 Å². The highest BCUT2D eigenvalue weighted by atomic mass is 16.5. The Bertz CT molecular complexity index is 830. The molecule has 0 spiro atoms. The topological polar surface area (TPSA) is 126 Å². The zero-order valence-electron chi connectivity index (χ0n) is 16.5. The fourth-order valence-corrected chi connectivity index (χ4v) is 3.00. The molecule has 8 nitrogen and oxygen atoms in total. The number of rotatable bonds is 9. The third kappa shape index (κ3) is 5.82. The number of H-pyrrole nitrogens is 1. The minimum Gasteiger partial charge on any atom is -0.467 e. The van der Waals surface area contributed by atoms with Crippen LogP contribution in [0.25, 0.3) is 10.9 Å². The fraction of sp³-hybridized carbons (Fsp3) is 0.450. The van der Waals surface area contributed by atoms with Gasteiger partial charge in [0.15, 0.2) is 0 Å². The lowest BCUT2D eigenvalue weighted by Crippen LogP contribution is -2.49. The Morgan fingerprint density at radius 3 is 2.61 bits per heavy atom. The Hall–Kier alpha value is -2.87. The Kier molecular flexibility index (Phi) is 7.57. The molecule has 2 rings (SSSR count). The third-order valence-corrected chi connectivity index (χ3v) is 4.40. The van der Waals surface area contributed by atoms with Gasteiger partial charge in [-0.2, -0.15) is 0 Å². The molecule has 5 N–H and O–H groups in total. The van der Waals surface area contributed by atoms with E-state index < -0.39 is 29.9 Å². The van der Waals surface area contributed by atoms with E-state index in [2.05, 4.69) is 15.6 Å². The summed E-state index contributed by atoms with van der Waals surface area (Å²) in [6.07, 6.45) is 2.62. The van der Waals surface area contributed by atoms with Gasteiger partial charge in [0, 0.05) is 17.1 Å². The molecule has 1 aromatic heterocycles. The smallest absolute Gasteiger partial charge is 0.328 e. The molecule has 28 heavy (non-hydrogen) atoms. The summed E-state index contributed by atoms with van der Waals surface area (Å²) < 4.78 is 4.71. The predicted octanol–water partition coefficient (Wildman–Crippen LogP) is 0.858. The van der Waals surface area contributed by atoms with Gasteiger partial charge in [-0.3, -0.25) is 9.59 Å². The van der Waals surface area contributed by atoms with E-state index in [1.54, 1.807) is 0 Å². The number of esters is 1. The van der Waals surface area contributed by atoms with Gasteiger partial charge in [-0.1, -0.05) is 32.0 Å². The Balaban J connectivity index is 1.86. The third-order valence-electron chi connectivity index (χ3n) is 4.40. The molecule has 0 radical (unpaired) electrons. The first-order chi connectivity index (χ1) is 13.3. The van der Waals surface area contributed by atoms with Crippen LogP contribution in [0.15, 0.2) is 30.5 Å². The van der Waals surface area contributed by atoms with Crippen molar-refractivity contribution < 1.29 is 19.1 Å². The largest absolute Gasteiger partial charge is 0.467 e. The minimum absolute atomic E-state index is 0.198. The number of carbonyl (C=O) groups is 3. The van der Waals surface area contributed by atoms with Gasteiger partial charge in [-0.05, 0) is 30.4 Å². The summed E-state index contributed by atoms with van der Waals surface area (Å²) in [6, 6.07) is 6.22. The van der Waals surface area contributed by atoms with E-state index in [1.165, 1.54) is 7.11 Å². The highest BCUT2D eigenvalue weighted by Gasteiger charge is 2.23. The fourth-order valence-electron chi connectivity index (χ4n) is 3.00. The normalized spacial score (nSPS) is 13.2. The number of ether oxygens (including phenoxy) is 1. The van der Waals surface area contributed by atoms with Crippen LogP contribution in [0.3, 0.4) is 0 Å². The summed E-state index contributed by atoms with van der Waals surface area (Å²) in [5, 5.41) is 6.12. The van der Waals surface area contributed by atoms with Gasteiger partial charge in [-0.25, -0.2) is 4.79 Å². The maximum Gasteiger partial charge on any atom is 0.328 e. The lowest BCUT2D eigenvalue weighted by Gasteiger charge is -2.19. The number of fused-ring (bicyclic) bond motifs is 1. The molecule has 152 valence electrons. The molecule has 0 bridgehead atoms. The summed E-state index contributed by atoms with van der Waals surface area (Å²) in [7, 11) is 1.27. The SMILES string of the molecule is COC(=O)[C@H](CC(C)C)NC(=O)CNC(=O)[C@@H](N)Cc1c[nH]c2ccccc12. The number of carbonyl (C=O) groups excluding carboxylic acids is 3. The lowest BCUT2D eigenvalue weighted by atomic mass is 10.0. The number of amides is 2. The Labute approximate surface area is 164 Å². The Morgan fingerprint density at radius 2 is 1.93 bits per heavy atom. The molecule has 0 saturated heterocycles. The van der Waals surface area contributed by atoms with E-state index in [-0.39, 0.29) is 12.5 Å². The van der Waals surface area contributed by atoms with Crippen LogP contribution >= 0.6 is 0 Å². The van der Waals surface area contributed by atoms with E-state index >= 15 is 0 Å². The number of nitrogens with one attached hydrogen (secondary N) is 3. The summed E-state index contributed by atoms with van der Waals surface area (Å²) in [4.78, 5) is 39.2. The van der Waals surface area contributed by atoms with Crippen LogP contribution < -0.4 is 16.4 Å². The molecule has 2 amide bonds. The maximum atomic E-state index is 12.2. The van der Waals surface area contributed by atoms with Gasteiger partial charge in [0.25, 0.3) is 0 Å². The molecule has 0 aliphatic heterocycles. The monoisotopic (exact) mass is 388 g/mol. The second-order valence-corrected chi connectivity index (χ2v) is 7.16. The number of hydrogen-bond acceptors (Lipinski definition) is 5. The number of benzene rings is 1. The molecule has 8 heteroatoms. The van der Waals surface area contributed by atoms with Gasteiger partial charge in [0.1, 0.15) is 6.04 Å². The molecular weight excluding hydrogens is 360 g/mol. The molecule has 0 saturated carbocycles. The summed E-state index contributed by atoms with van der Waals surface area (Å²) in [5.74, 6) is -1.21. The molecule has 1 aromatic carbocycles. The van der Waals surface area contributed by atoms with Crippen LogP contribution in [0.2, 0.25) is 0 Å². The van der Waals surface area contributed by atoms with E-state index in [1.807, 2.05) is 44.3 Å². The van der Waals surface area contributed by atoms with Gasteiger partial charge in [-0.15, -0.1) is 0 Å². The molecule has 0 fully saturated rings.